The first-order valence-corrected chi connectivity index (χ1v) is 5.45. The molecule has 1 N–H and O–H groups in total. The molecule has 1 rings (SSSR count). The number of carbonyl (C=O) groups is 1. The highest BCUT2D eigenvalue weighted by molar-refractivity contribution is 5.70. The topological polar surface area (TPSA) is 40.5 Å². The van der Waals surface area contributed by atoms with Gasteiger partial charge in [-0.25, -0.2) is 0 Å². The molecule has 1 aliphatic rings. The van der Waals surface area contributed by atoms with Crippen molar-refractivity contribution in [3.8, 4) is 0 Å². The van der Waals surface area contributed by atoms with Crippen molar-refractivity contribution in [3.63, 3.8) is 0 Å². The number of rotatable bonds is 5. The standard InChI is InChI=1S/C11H21NO2/c1-8(11(13)14)9(2)12(3)7-10-5-4-6-10/h8-10H,4-7H2,1-3H3,(H,13,14). The van der Waals surface area contributed by atoms with E-state index in [4.69, 9.17) is 5.11 Å². The van der Waals surface area contributed by atoms with Crippen molar-refractivity contribution >= 4 is 5.97 Å². The van der Waals surface area contributed by atoms with Crippen molar-refractivity contribution in [3.05, 3.63) is 0 Å². The lowest BCUT2D eigenvalue weighted by atomic mass is 9.84. The molecule has 3 nitrogen and oxygen atoms in total. The van der Waals surface area contributed by atoms with Gasteiger partial charge in [0.15, 0.2) is 0 Å². The van der Waals surface area contributed by atoms with E-state index in [0.29, 0.717) is 0 Å². The minimum absolute atomic E-state index is 0.132. The Morgan fingerprint density at radius 3 is 2.43 bits per heavy atom. The summed E-state index contributed by atoms with van der Waals surface area (Å²) in [5.74, 6) is -0.165. The average molecular weight is 199 g/mol. The van der Waals surface area contributed by atoms with Gasteiger partial charge in [-0.15, -0.1) is 0 Å². The van der Waals surface area contributed by atoms with Crippen LogP contribution in [-0.4, -0.2) is 35.6 Å². The predicted octanol–water partition coefficient (Wildman–Crippen LogP) is 1.83. The van der Waals surface area contributed by atoms with Gasteiger partial charge < -0.3 is 10.0 Å². The molecule has 3 heteroatoms. The van der Waals surface area contributed by atoms with Gasteiger partial charge in [0.05, 0.1) is 5.92 Å². The SMILES string of the molecule is CC(C(=O)O)C(C)N(C)CC1CCC1. The van der Waals surface area contributed by atoms with Gasteiger partial charge >= 0.3 is 5.97 Å². The van der Waals surface area contributed by atoms with Crippen molar-refractivity contribution in [2.24, 2.45) is 11.8 Å². The van der Waals surface area contributed by atoms with Gasteiger partial charge in [0.25, 0.3) is 0 Å². The van der Waals surface area contributed by atoms with Crippen LogP contribution in [0.25, 0.3) is 0 Å². The summed E-state index contributed by atoms with van der Waals surface area (Å²) in [6.45, 7) is 4.83. The van der Waals surface area contributed by atoms with Gasteiger partial charge in [-0.1, -0.05) is 13.3 Å². The smallest absolute Gasteiger partial charge is 0.307 e. The van der Waals surface area contributed by atoms with E-state index in [1.54, 1.807) is 6.92 Å². The van der Waals surface area contributed by atoms with Crippen LogP contribution in [0.3, 0.4) is 0 Å². The molecule has 0 aromatic carbocycles. The van der Waals surface area contributed by atoms with Crippen LogP contribution in [0, 0.1) is 11.8 Å². The summed E-state index contributed by atoms with van der Waals surface area (Å²) >= 11 is 0. The molecule has 2 atom stereocenters. The molecule has 0 radical (unpaired) electrons. The fraction of sp³-hybridized carbons (Fsp3) is 0.909. The lowest BCUT2D eigenvalue weighted by Gasteiger charge is -2.34. The van der Waals surface area contributed by atoms with E-state index in [1.165, 1.54) is 19.3 Å². The van der Waals surface area contributed by atoms with Crippen LogP contribution >= 0.6 is 0 Å². The van der Waals surface area contributed by atoms with Gasteiger partial charge in [0.1, 0.15) is 0 Å². The fourth-order valence-corrected chi connectivity index (χ4v) is 1.84. The Balaban J connectivity index is 2.34. The van der Waals surface area contributed by atoms with E-state index in [0.717, 1.165) is 12.5 Å². The van der Waals surface area contributed by atoms with E-state index in [2.05, 4.69) is 4.90 Å². The Morgan fingerprint density at radius 2 is 2.07 bits per heavy atom. The number of carboxylic acids is 1. The molecule has 1 aliphatic carbocycles. The van der Waals surface area contributed by atoms with E-state index in [-0.39, 0.29) is 12.0 Å². The molecule has 0 saturated heterocycles. The highest BCUT2D eigenvalue weighted by Crippen LogP contribution is 2.27. The Bertz CT molecular complexity index is 201. The van der Waals surface area contributed by atoms with Crippen molar-refractivity contribution in [2.45, 2.75) is 39.2 Å². The number of hydrogen-bond donors (Lipinski definition) is 1. The average Bonchev–Trinajstić information content (AvgIpc) is 2.08. The zero-order chi connectivity index (χ0) is 10.7. The minimum atomic E-state index is -0.696. The Kier molecular flexibility index (Phi) is 3.93. The van der Waals surface area contributed by atoms with Crippen LogP contribution in [0.2, 0.25) is 0 Å². The van der Waals surface area contributed by atoms with Crippen LogP contribution < -0.4 is 0 Å². The molecule has 2 unspecified atom stereocenters. The zero-order valence-electron chi connectivity index (χ0n) is 9.36. The molecule has 0 spiro atoms. The highest BCUT2D eigenvalue weighted by atomic mass is 16.4. The molecular formula is C11H21NO2. The van der Waals surface area contributed by atoms with Gasteiger partial charge in [0.2, 0.25) is 0 Å². The third-order valence-electron chi connectivity index (χ3n) is 3.58. The number of hydrogen-bond acceptors (Lipinski definition) is 2. The van der Waals surface area contributed by atoms with Crippen molar-refractivity contribution in [1.29, 1.82) is 0 Å². The Labute approximate surface area is 86.1 Å². The van der Waals surface area contributed by atoms with Crippen molar-refractivity contribution < 1.29 is 9.90 Å². The quantitative estimate of drug-likeness (QED) is 0.734. The first kappa shape index (κ1) is 11.5. The maximum absolute atomic E-state index is 10.8. The van der Waals surface area contributed by atoms with Gasteiger partial charge in [-0.2, -0.15) is 0 Å². The molecule has 0 aliphatic heterocycles. The number of carboxylic acid groups (broad SMARTS) is 1. The first-order chi connectivity index (χ1) is 6.52. The van der Waals surface area contributed by atoms with Crippen LogP contribution in [0.15, 0.2) is 0 Å². The monoisotopic (exact) mass is 199 g/mol. The maximum Gasteiger partial charge on any atom is 0.307 e. The molecule has 1 fully saturated rings. The molecule has 0 amide bonds. The van der Waals surface area contributed by atoms with Gasteiger partial charge in [-0.3, -0.25) is 4.79 Å². The van der Waals surface area contributed by atoms with E-state index >= 15 is 0 Å². The summed E-state index contributed by atoms with van der Waals surface area (Å²) < 4.78 is 0. The molecule has 14 heavy (non-hydrogen) atoms. The summed E-state index contributed by atoms with van der Waals surface area (Å²) in [7, 11) is 2.03. The number of aliphatic carboxylic acids is 1. The molecule has 1 saturated carbocycles. The second-order valence-electron chi connectivity index (χ2n) is 4.60. The van der Waals surface area contributed by atoms with Crippen LogP contribution in [0.1, 0.15) is 33.1 Å². The lowest BCUT2D eigenvalue weighted by Crippen LogP contribution is -2.41. The van der Waals surface area contributed by atoms with Crippen LogP contribution in [0.4, 0.5) is 0 Å². The van der Waals surface area contributed by atoms with Crippen molar-refractivity contribution in [1.82, 2.24) is 4.90 Å². The molecule has 0 aromatic heterocycles. The third kappa shape index (κ3) is 2.71. The normalized spacial score (nSPS) is 21.7. The largest absolute Gasteiger partial charge is 0.481 e. The zero-order valence-corrected chi connectivity index (χ0v) is 9.36. The summed E-state index contributed by atoms with van der Waals surface area (Å²) in [6, 6.07) is 0.132. The predicted molar refractivity (Wildman–Crippen MR) is 56.2 cm³/mol. The Morgan fingerprint density at radius 1 is 1.50 bits per heavy atom. The Hall–Kier alpha value is -0.570. The van der Waals surface area contributed by atoms with Gasteiger partial charge in [-0.05, 0) is 32.7 Å². The van der Waals surface area contributed by atoms with Crippen LogP contribution in [0.5, 0.6) is 0 Å². The van der Waals surface area contributed by atoms with E-state index in [1.807, 2.05) is 14.0 Å². The first-order valence-electron chi connectivity index (χ1n) is 5.45. The third-order valence-corrected chi connectivity index (χ3v) is 3.58. The van der Waals surface area contributed by atoms with Gasteiger partial charge in [0, 0.05) is 12.6 Å². The molecule has 82 valence electrons. The lowest BCUT2D eigenvalue weighted by molar-refractivity contribution is -0.143. The van der Waals surface area contributed by atoms with Crippen molar-refractivity contribution in [2.75, 3.05) is 13.6 Å². The fourth-order valence-electron chi connectivity index (χ4n) is 1.84. The maximum atomic E-state index is 10.8. The second kappa shape index (κ2) is 4.78. The summed E-state index contributed by atoms with van der Waals surface area (Å²) in [5, 5.41) is 8.88. The molecular weight excluding hydrogens is 178 g/mol. The number of nitrogens with zero attached hydrogens (tertiary/aromatic N) is 1. The summed E-state index contributed by atoms with van der Waals surface area (Å²) in [5.41, 5.74) is 0. The minimum Gasteiger partial charge on any atom is -0.481 e. The highest BCUT2D eigenvalue weighted by Gasteiger charge is 2.26. The van der Waals surface area contributed by atoms with E-state index < -0.39 is 5.97 Å². The molecule has 0 bridgehead atoms. The molecule has 0 aromatic rings. The molecule has 0 heterocycles. The second-order valence-corrected chi connectivity index (χ2v) is 4.60. The van der Waals surface area contributed by atoms with E-state index in [9.17, 15) is 4.79 Å². The van der Waals surface area contributed by atoms with Crippen LogP contribution in [-0.2, 0) is 4.79 Å². The summed E-state index contributed by atoms with van der Waals surface area (Å²) in [4.78, 5) is 13.0. The summed E-state index contributed by atoms with van der Waals surface area (Å²) in [6.07, 6.45) is 3.98.